The van der Waals surface area contributed by atoms with Gasteiger partial charge in [-0.3, -0.25) is 9.48 Å². The highest BCUT2D eigenvalue weighted by atomic mass is 16.5. The van der Waals surface area contributed by atoms with Crippen molar-refractivity contribution in [3.63, 3.8) is 0 Å². The van der Waals surface area contributed by atoms with Gasteiger partial charge in [0.2, 0.25) is 0 Å². The molecule has 2 aromatic heterocycles. The number of likely N-dealkylation sites (tertiary alicyclic amines) is 1. The average molecular weight is 331 g/mol. The molecule has 0 spiro atoms. The first kappa shape index (κ1) is 15.2. The number of aromatic nitrogens is 3. The molecular weight excluding hydrogens is 310 g/mol. The fourth-order valence-corrected chi connectivity index (χ4v) is 3.26. The van der Waals surface area contributed by atoms with E-state index in [0.29, 0.717) is 30.5 Å². The zero-order valence-corrected chi connectivity index (χ0v) is 13.6. The molecule has 8 nitrogen and oxygen atoms in total. The smallest absolute Gasteiger partial charge is 0.276 e. The molecule has 1 aliphatic heterocycles. The second kappa shape index (κ2) is 5.94. The van der Waals surface area contributed by atoms with Gasteiger partial charge >= 0.3 is 0 Å². The summed E-state index contributed by atoms with van der Waals surface area (Å²) in [7, 11) is 1.67. The van der Waals surface area contributed by atoms with Gasteiger partial charge in [-0.15, -0.1) is 0 Å². The number of anilines is 1. The molecule has 3 heterocycles. The number of hydrogen-bond acceptors (Lipinski definition) is 6. The Kier molecular flexibility index (Phi) is 3.76. The number of carbonyl (C=O) groups excluding carboxylic acids is 1. The van der Waals surface area contributed by atoms with E-state index in [0.717, 1.165) is 25.0 Å². The third-order valence-corrected chi connectivity index (χ3v) is 4.76. The third-order valence-electron chi connectivity index (χ3n) is 4.76. The Bertz CT molecular complexity index is 736. The number of rotatable bonds is 5. The van der Waals surface area contributed by atoms with Gasteiger partial charge in [0, 0.05) is 31.8 Å². The van der Waals surface area contributed by atoms with Crippen molar-refractivity contribution in [3.8, 4) is 0 Å². The van der Waals surface area contributed by atoms with Crippen LogP contribution in [0.3, 0.4) is 0 Å². The van der Waals surface area contributed by atoms with Gasteiger partial charge in [-0.05, 0) is 25.3 Å². The Morgan fingerprint density at radius 1 is 1.50 bits per heavy atom. The summed E-state index contributed by atoms with van der Waals surface area (Å²) < 4.78 is 12.5. The molecule has 2 aromatic rings. The minimum atomic E-state index is -0.115. The van der Waals surface area contributed by atoms with Gasteiger partial charge in [0.05, 0.1) is 18.7 Å². The number of methoxy groups -OCH3 is 1. The molecule has 0 radical (unpaired) electrons. The van der Waals surface area contributed by atoms with Crippen molar-refractivity contribution >= 4 is 11.7 Å². The van der Waals surface area contributed by atoms with E-state index in [9.17, 15) is 4.79 Å². The molecule has 2 aliphatic rings. The highest BCUT2D eigenvalue weighted by molar-refractivity contribution is 5.92. The monoisotopic (exact) mass is 331 g/mol. The van der Waals surface area contributed by atoms with Crippen LogP contribution in [-0.2, 0) is 11.3 Å². The van der Waals surface area contributed by atoms with Crippen molar-refractivity contribution in [2.24, 2.45) is 0 Å². The van der Waals surface area contributed by atoms with E-state index in [4.69, 9.17) is 15.0 Å². The summed E-state index contributed by atoms with van der Waals surface area (Å²) in [5.41, 5.74) is 6.04. The molecule has 24 heavy (non-hydrogen) atoms. The van der Waals surface area contributed by atoms with Crippen LogP contribution in [-0.4, -0.2) is 51.5 Å². The third kappa shape index (κ3) is 2.89. The summed E-state index contributed by atoms with van der Waals surface area (Å²) in [6.07, 6.45) is 4.82. The highest BCUT2D eigenvalue weighted by Crippen LogP contribution is 2.40. The standard InChI is InChI=1S/C16H21N5O3/c1-23-12-6-11(8-20-5-4-15(17)18-20)21(9-12)16(22)13-7-14(24-19-13)10-2-3-10/h4-5,7,10-12H,2-3,6,8-9H2,1H3,(H2,17,18)/t11-,12+/m0/s1. The lowest BCUT2D eigenvalue weighted by Gasteiger charge is -2.23. The predicted octanol–water partition coefficient (Wildman–Crippen LogP) is 1.26. The van der Waals surface area contributed by atoms with Crippen LogP contribution in [0.25, 0.3) is 0 Å². The minimum absolute atomic E-state index is 0.0113. The maximum absolute atomic E-state index is 12.9. The Labute approximate surface area is 139 Å². The van der Waals surface area contributed by atoms with Crippen molar-refractivity contribution in [1.82, 2.24) is 19.8 Å². The first-order valence-corrected chi connectivity index (χ1v) is 8.23. The number of nitrogens with zero attached hydrogens (tertiary/aromatic N) is 4. The fraction of sp³-hybridized carbons (Fsp3) is 0.562. The van der Waals surface area contributed by atoms with E-state index < -0.39 is 0 Å². The fourth-order valence-electron chi connectivity index (χ4n) is 3.26. The second-order valence-corrected chi connectivity index (χ2v) is 6.56. The van der Waals surface area contributed by atoms with E-state index in [2.05, 4.69) is 10.3 Å². The lowest BCUT2D eigenvalue weighted by molar-refractivity contribution is 0.0669. The number of hydrogen-bond donors (Lipinski definition) is 1. The normalized spacial score (nSPS) is 23.8. The zero-order valence-electron chi connectivity index (χ0n) is 13.6. The van der Waals surface area contributed by atoms with E-state index in [1.165, 1.54) is 0 Å². The number of ether oxygens (including phenoxy) is 1. The van der Waals surface area contributed by atoms with Gasteiger partial charge in [-0.2, -0.15) is 5.10 Å². The second-order valence-electron chi connectivity index (χ2n) is 6.56. The molecule has 4 rings (SSSR count). The van der Waals surface area contributed by atoms with E-state index in [1.807, 2.05) is 6.20 Å². The van der Waals surface area contributed by atoms with E-state index >= 15 is 0 Å². The molecule has 1 saturated heterocycles. The Morgan fingerprint density at radius 3 is 3.00 bits per heavy atom. The molecule has 1 saturated carbocycles. The average Bonchev–Trinajstić information content (AvgIpc) is 2.99. The summed E-state index contributed by atoms with van der Waals surface area (Å²) >= 11 is 0. The molecule has 1 amide bonds. The van der Waals surface area contributed by atoms with Crippen LogP contribution in [0.15, 0.2) is 22.9 Å². The maximum Gasteiger partial charge on any atom is 0.276 e. The van der Waals surface area contributed by atoms with Crippen LogP contribution >= 0.6 is 0 Å². The van der Waals surface area contributed by atoms with Crippen LogP contribution in [0, 0.1) is 0 Å². The Morgan fingerprint density at radius 2 is 2.33 bits per heavy atom. The van der Waals surface area contributed by atoms with Crippen LogP contribution in [0.2, 0.25) is 0 Å². The Balaban J connectivity index is 1.51. The first-order valence-electron chi connectivity index (χ1n) is 8.23. The van der Waals surface area contributed by atoms with Crippen molar-refractivity contribution in [2.45, 2.75) is 43.9 Å². The molecule has 2 fully saturated rings. The van der Waals surface area contributed by atoms with Crippen molar-refractivity contribution in [2.75, 3.05) is 19.4 Å². The summed E-state index contributed by atoms with van der Waals surface area (Å²) in [5, 5.41) is 8.18. The zero-order chi connectivity index (χ0) is 16.7. The molecule has 1 aliphatic carbocycles. The number of nitrogens with two attached hydrogens (primary N) is 1. The lowest BCUT2D eigenvalue weighted by atomic mass is 10.2. The van der Waals surface area contributed by atoms with Gasteiger partial charge in [-0.25, -0.2) is 0 Å². The maximum atomic E-state index is 12.9. The topological polar surface area (TPSA) is 99.4 Å². The SMILES string of the molecule is CO[C@@H]1C[C@@H](Cn2ccc(N)n2)N(C(=O)c2cc(C3CC3)on2)C1. The Hall–Kier alpha value is -2.35. The van der Waals surface area contributed by atoms with Gasteiger partial charge in [-0.1, -0.05) is 5.16 Å². The van der Waals surface area contributed by atoms with Gasteiger partial charge in [0.15, 0.2) is 5.69 Å². The summed E-state index contributed by atoms with van der Waals surface area (Å²) in [4.78, 5) is 14.7. The summed E-state index contributed by atoms with van der Waals surface area (Å²) in [6.45, 7) is 1.12. The van der Waals surface area contributed by atoms with Gasteiger partial charge in [0.1, 0.15) is 11.6 Å². The van der Waals surface area contributed by atoms with Crippen LogP contribution < -0.4 is 5.73 Å². The number of amides is 1. The summed E-state index contributed by atoms with van der Waals surface area (Å²) in [6, 6.07) is 3.51. The van der Waals surface area contributed by atoms with Crippen LogP contribution in [0.4, 0.5) is 5.82 Å². The molecule has 0 bridgehead atoms. The minimum Gasteiger partial charge on any atom is -0.382 e. The first-order chi connectivity index (χ1) is 11.6. The molecule has 0 aromatic carbocycles. The molecule has 8 heteroatoms. The molecule has 2 atom stereocenters. The van der Waals surface area contributed by atoms with Gasteiger partial charge < -0.3 is 19.9 Å². The van der Waals surface area contributed by atoms with Crippen molar-refractivity contribution < 1.29 is 14.1 Å². The van der Waals surface area contributed by atoms with Gasteiger partial charge in [0.25, 0.3) is 5.91 Å². The molecule has 128 valence electrons. The molecule has 0 unspecified atom stereocenters. The quantitative estimate of drug-likeness (QED) is 0.885. The van der Waals surface area contributed by atoms with E-state index in [1.54, 1.807) is 28.8 Å². The van der Waals surface area contributed by atoms with Crippen molar-refractivity contribution in [3.05, 3.63) is 29.8 Å². The molecular formula is C16H21N5O3. The molecule has 2 N–H and O–H groups in total. The number of carbonyl (C=O) groups is 1. The number of nitrogen functional groups attached to an aromatic ring is 1. The highest BCUT2D eigenvalue weighted by Gasteiger charge is 2.38. The van der Waals surface area contributed by atoms with E-state index in [-0.39, 0.29) is 18.1 Å². The lowest BCUT2D eigenvalue weighted by Crippen LogP contribution is -2.38. The van der Waals surface area contributed by atoms with Crippen molar-refractivity contribution in [1.29, 1.82) is 0 Å². The predicted molar refractivity (Wildman–Crippen MR) is 85.4 cm³/mol. The van der Waals surface area contributed by atoms with Crippen LogP contribution in [0.1, 0.15) is 41.4 Å². The summed E-state index contributed by atoms with van der Waals surface area (Å²) in [5.74, 6) is 1.61. The largest absolute Gasteiger partial charge is 0.382 e. The van der Waals surface area contributed by atoms with Crippen LogP contribution in [0.5, 0.6) is 0 Å².